The molecular weight excluding hydrogens is 440 g/mol. The summed E-state index contributed by atoms with van der Waals surface area (Å²) in [6, 6.07) is 17.5. The summed E-state index contributed by atoms with van der Waals surface area (Å²) < 4.78 is 0. The van der Waals surface area contributed by atoms with Gasteiger partial charge in [0.25, 0.3) is 0 Å². The van der Waals surface area contributed by atoms with Crippen LogP contribution in [0, 0.1) is 27.7 Å². The van der Waals surface area contributed by atoms with Crippen molar-refractivity contribution in [2.75, 3.05) is 0 Å². The van der Waals surface area contributed by atoms with E-state index in [1.165, 1.54) is 22.3 Å². The lowest BCUT2D eigenvalue weighted by molar-refractivity contribution is 0.543. The Hall–Kier alpha value is -3.92. The molecule has 2 aliphatic rings. The van der Waals surface area contributed by atoms with E-state index in [1.54, 1.807) is 0 Å². The predicted molar refractivity (Wildman–Crippen MR) is 151 cm³/mol. The molecule has 0 atom stereocenters. The van der Waals surface area contributed by atoms with Gasteiger partial charge in [-0.15, -0.1) is 0 Å². The van der Waals surface area contributed by atoms with E-state index in [1.807, 2.05) is 0 Å². The van der Waals surface area contributed by atoms with E-state index in [4.69, 9.17) is 9.97 Å². The number of H-pyrrole nitrogens is 2. The Morgan fingerprint density at radius 1 is 0.694 bits per heavy atom. The van der Waals surface area contributed by atoms with Gasteiger partial charge in [-0.25, -0.2) is 4.98 Å². The number of rotatable bonds is 1. The first-order valence-corrected chi connectivity index (χ1v) is 12.6. The zero-order valence-electron chi connectivity index (χ0n) is 21.9. The third kappa shape index (κ3) is 3.78. The number of benzene rings is 1. The van der Waals surface area contributed by atoms with Crippen molar-refractivity contribution in [1.29, 1.82) is 0 Å². The van der Waals surface area contributed by atoms with Crippen LogP contribution in [0.15, 0.2) is 48.5 Å². The van der Waals surface area contributed by atoms with Gasteiger partial charge < -0.3 is 9.97 Å². The maximum Gasteiger partial charge on any atom is 0.0737 e. The van der Waals surface area contributed by atoms with Crippen molar-refractivity contribution in [3.8, 4) is 11.1 Å². The van der Waals surface area contributed by atoms with Crippen molar-refractivity contribution < 1.29 is 0 Å². The molecular formula is C32H32N4. The molecule has 1 aromatic carbocycles. The minimum atomic E-state index is -0.0194. The third-order valence-electron chi connectivity index (χ3n) is 7.49. The number of fused-ring (bicyclic) bond motifs is 8. The van der Waals surface area contributed by atoms with Crippen LogP contribution in [0.1, 0.15) is 58.9 Å². The minimum Gasteiger partial charge on any atom is -0.355 e. The van der Waals surface area contributed by atoms with Crippen LogP contribution in [-0.2, 0) is 11.8 Å². The summed E-state index contributed by atoms with van der Waals surface area (Å²) in [5.41, 5.74) is 15.7. The SMILES string of the molecule is Cc1cc(C)c(-c2c3nc(c(C)c4ccc(cc5nc(cc6ccc2[nH]6)CC5(C)C)[nH]4)C=C3)c(C)c1. The van der Waals surface area contributed by atoms with Gasteiger partial charge in [0.05, 0.1) is 11.4 Å². The van der Waals surface area contributed by atoms with Gasteiger partial charge in [-0.3, -0.25) is 4.98 Å². The number of nitrogens with one attached hydrogen (secondary N) is 2. The number of aromatic nitrogens is 4. The minimum absolute atomic E-state index is 0.0194. The maximum absolute atomic E-state index is 5.15. The van der Waals surface area contributed by atoms with Gasteiger partial charge in [0.2, 0.25) is 0 Å². The van der Waals surface area contributed by atoms with Gasteiger partial charge in [-0.1, -0.05) is 31.5 Å². The normalized spacial score (nSPS) is 14.4. The predicted octanol–water partition coefficient (Wildman–Crippen LogP) is 7.91. The molecule has 5 heterocycles. The monoisotopic (exact) mass is 472 g/mol. The van der Waals surface area contributed by atoms with Crippen molar-refractivity contribution >= 4 is 34.2 Å². The highest BCUT2D eigenvalue weighted by atomic mass is 14.8. The molecule has 180 valence electrons. The average Bonchev–Trinajstić information content (AvgIpc) is 3.58. The Morgan fingerprint density at radius 2 is 1.33 bits per heavy atom. The largest absolute Gasteiger partial charge is 0.355 e. The van der Waals surface area contributed by atoms with Crippen LogP contribution in [0.3, 0.4) is 0 Å². The highest BCUT2D eigenvalue weighted by molar-refractivity contribution is 5.93. The van der Waals surface area contributed by atoms with Crippen LogP contribution in [0.2, 0.25) is 0 Å². The highest BCUT2D eigenvalue weighted by Crippen LogP contribution is 2.36. The second-order valence-electron chi connectivity index (χ2n) is 11.0. The molecule has 0 radical (unpaired) electrons. The van der Waals surface area contributed by atoms with E-state index < -0.39 is 0 Å². The summed E-state index contributed by atoms with van der Waals surface area (Å²) in [4.78, 5) is 17.5. The molecule has 0 fully saturated rings. The average molecular weight is 473 g/mol. The van der Waals surface area contributed by atoms with E-state index in [0.29, 0.717) is 0 Å². The summed E-state index contributed by atoms with van der Waals surface area (Å²) in [5.74, 6) is 0. The molecule has 2 N–H and O–H groups in total. The van der Waals surface area contributed by atoms with Gasteiger partial charge >= 0.3 is 0 Å². The van der Waals surface area contributed by atoms with Gasteiger partial charge in [0.1, 0.15) is 0 Å². The molecule has 4 heteroatoms. The summed E-state index contributed by atoms with van der Waals surface area (Å²) in [5, 5.41) is 0. The second-order valence-corrected chi connectivity index (χ2v) is 11.0. The van der Waals surface area contributed by atoms with Crippen molar-refractivity contribution in [2.45, 2.75) is 53.4 Å². The van der Waals surface area contributed by atoms with E-state index in [2.05, 4.69) is 112 Å². The first-order valence-electron chi connectivity index (χ1n) is 12.6. The van der Waals surface area contributed by atoms with Gasteiger partial charge in [0, 0.05) is 50.9 Å². The Morgan fingerprint density at radius 3 is 2.08 bits per heavy atom. The number of aryl methyl sites for hydroxylation is 4. The molecule has 8 bridgehead atoms. The van der Waals surface area contributed by atoms with Gasteiger partial charge in [0.15, 0.2) is 0 Å². The second kappa shape index (κ2) is 8.06. The standard InChI is InChI=1S/C32H32N4/c1-18-13-19(2)30(20(3)14-18)31-27-10-8-22(34-27)15-24-17-32(5,6)29(35-24)16-23-7-9-25(33-23)21(4)26-11-12-28(31)36-26/h7-16,33-34H,17H2,1-6H3. The van der Waals surface area contributed by atoms with Crippen LogP contribution < -0.4 is 0 Å². The van der Waals surface area contributed by atoms with E-state index >= 15 is 0 Å². The van der Waals surface area contributed by atoms with E-state index in [-0.39, 0.29) is 5.41 Å². The number of hydrogen-bond acceptors (Lipinski definition) is 2. The first-order chi connectivity index (χ1) is 17.2. The topological polar surface area (TPSA) is 57.4 Å². The maximum atomic E-state index is 5.15. The summed E-state index contributed by atoms with van der Waals surface area (Å²) in [7, 11) is 0. The summed E-state index contributed by atoms with van der Waals surface area (Å²) in [6.45, 7) is 13.2. The lowest BCUT2D eigenvalue weighted by Crippen LogP contribution is -2.14. The van der Waals surface area contributed by atoms with E-state index in [0.717, 1.165) is 62.4 Å². The highest BCUT2D eigenvalue weighted by Gasteiger charge is 2.28. The van der Waals surface area contributed by atoms with Crippen molar-refractivity contribution in [1.82, 2.24) is 19.9 Å². The smallest absolute Gasteiger partial charge is 0.0737 e. The molecule has 0 unspecified atom stereocenters. The quantitative estimate of drug-likeness (QED) is 0.260. The zero-order chi connectivity index (χ0) is 25.2. The summed E-state index contributed by atoms with van der Waals surface area (Å²) in [6.07, 6.45) is 5.19. The number of nitrogens with zero attached hydrogens (tertiary/aromatic N) is 2. The lowest BCUT2D eigenvalue weighted by Gasteiger charge is -2.15. The van der Waals surface area contributed by atoms with E-state index in [9.17, 15) is 0 Å². The molecule has 4 nitrogen and oxygen atoms in total. The van der Waals surface area contributed by atoms with Crippen molar-refractivity contribution in [3.63, 3.8) is 0 Å². The van der Waals surface area contributed by atoms with Crippen LogP contribution >= 0.6 is 0 Å². The van der Waals surface area contributed by atoms with Crippen LogP contribution in [0.4, 0.5) is 0 Å². The van der Waals surface area contributed by atoms with Crippen LogP contribution in [-0.4, -0.2) is 19.9 Å². The summed E-state index contributed by atoms with van der Waals surface area (Å²) >= 11 is 0. The fourth-order valence-corrected chi connectivity index (χ4v) is 5.71. The van der Waals surface area contributed by atoms with Crippen molar-refractivity contribution in [2.24, 2.45) is 0 Å². The van der Waals surface area contributed by atoms with Gasteiger partial charge in [-0.2, -0.15) is 0 Å². The molecule has 0 saturated heterocycles. The Labute approximate surface area is 212 Å². The van der Waals surface area contributed by atoms with Crippen molar-refractivity contribution in [3.05, 3.63) is 93.6 Å². The molecule has 0 aliphatic carbocycles. The fourth-order valence-electron chi connectivity index (χ4n) is 5.71. The fraction of sp³-hybridized carbons (Fsp3) is 0.250. The van der Waals surface area contributed by atoms with Gasteiger partial charge in [-0.05, 0) is 98.5 Å². The molecule has 2 aliphatic heterocycles. The number of aromatic amines is 2. The Bertz CT molecular complexity index is 1700. The van der Waals surface area contributed by atoms with Crippen LogP contribution in [0.5, 0.6) is 0 Å². The molecule has 0 spiro atoms. The van der Waals surface area contributed by atoms with Crippen LogP contribution in [0.25, 0.3) is 45.3 Å². The molecule has 0 saturated carbocycles. The third-order valence-corrected chi connectivity index (χ3v) is 7.49. The molecule has 6 rings (SSSR count). The number of hydrogen-bond donors (Lipinski definition) is 2. The molecule has 3 aromatic heterocycles. The first kappa shape index (κ1) is 22.5. The lowest BCUT2D eigenvalue weighted by atomic mass is 9.87. The Kier molecular flexibility index (Phi) is 5.04. The molecule has 4 aromatic rings. The zero-order valence-corrected chi connectivity index (χ0v) is 21.9. The Balaban J connectivity index is 1.76. The molecule has 0 amide bonds. The molecule has 36 heavy (non-hydrogen) atoms.